The van der Waals surface area contributed by atoms with Gasteiger partial charge in [0.25, 0.3) is 0 Å². The zero-order valence-electron chi connectivity index (χ0n) is 10.8. The number of H-pyrrole nitrogens is 1. The summed E-state index contributed by atoms with van der Waals surface area (Å²) in [6.45, 7) is 0.813. The lowest BCUT2D eigenvalue weighted by Gasteiger charge is -2.07. The Kier molecular flexibility index (Phi) is 5.09. The van der Waals surface area contributed by atoms with E-state index in [1.54, 1.807) is 12.3 Å². The minimum atomic E-state index is -0.960. The fourth-order valence-corrected chi connectivity index (χ4v) is 1.80. The van der Waals surface area contributed by atoms with Gasteiger partial charge in [0, 0.05) is 30.4 Å². The number of rotatable bonds is 4. The van der Waals surface area contributed by atoms with Gasteiger partial charge in [-0.15, -0.1) is 12.4 Å². The van der Waals surface area contributed by atoms with Gasteiger partial charge in [0.2, 0.25) is 0 Å². The van der Waals surface area contributed by atoms with Crippen LogP contribution in [0.5, 0.6) is 0 Å². The van der Waals surface area contributed by atoms with Crippen molar-refractivity contribution in [1.29, 1.82) is 0 Å². The molecule has 0 saturated carbocycles. The molecule has 2 aromatic rings. The number of pyridine rings is 1. The maximum atomic E-state index is 10.5. The van der Waals surface area contributed by atoms with Crippen molar-refractivity contribution in [3.05, 3.63) is 35.7 Å². The zero-order chi connectivity index (χ0) is 13.1. The number of nitrogens with zero attached hydrogens (tertiary/aromatic N) is 2. The third-order valence-corrected chi connectivity index (χ3v) is 2.54. The fourth-order valence-electron chi connectivity index (χ4n) is 1.80. The van der Waals surface area contributed by atoms with Crippen molar-refractivity contribution in [2.24, 2.45) is 0 Å². The van der Waals surface area contributed by atoms with Gasteiger partial charge < -0.3 is 15.0 Å². The lowest BCUT2D eigenvalue weighted by molar-refractivity contribution is -0.131. The van der Waals surface area contributed by atoms with Gasteiger partial charge in [0.05, 0.1) is 0 Å². The average Bonchev–Trinajstić information content (AvgIpc) is 2.68. The van der Waals surface area contributed by atoms with Gasteiger partial charge in [-0.1, -0.05) is 0 Å². The summed E-state index contributed by atoms with van der Waals surface area (Å²) in [5.74, 6) is -0.960. The van der Waals surface area contributed by atoms with Crippen molar-refractivity contribution < 1.29 is 9.90 Å². The standard InChI is InChI=1S/C13H15N3O2.ClH/c1-16(2)8-10-7-15-13-11(10)5-9(6-14-13)3-4-12(17)18;/h3-7H,8H2,1-2H3,(H,14,15)(H,17,18);1H/b4-3+;. The third kappa shape index (κ3) is 3.81. The molecule has 0 spiro atoms. The number of carboxylic acids is 1. The Labute approximate surface area is 117 Å². The summed E-state index contributed by atoms with van der Waals surface area (Å²) in [7, 11) is 4.00. The molecule has 0 unspecified atom stereocenters. The van der Waals surface area contributed by atoms with E-state index in [4.69, 9.17) is 5.11 Å². The zero-order valence-corrected chi connectivity index (χ0v) is 11.6. The Morgan fingerprint density at radius 2 is 2.26 bits per heavy atom. The van der Waals surface area contributed by atoms with E-state index >= 15 is 0 Å². The van der Waals surface area contributed by atoms with Crippen LogP contribution in [-0.4, -0.2) is 40.0 Å². The van der Waals surface area contributed by atoms with Crippen molar-refractivity contribution >= 4 is 35.5 Å². The summed E-state index contributed by atoms with van der Waals surface area (Å²) in [5.41, 5.74) is 2.75. The summed E-state index contributed by atoms with van der Waals surface area (Å²) in [4.78, 5) is 19.9. The van der Waals surface area contributed by atoms with Crippen LogP contribution in [0.2, 0.25) is 0 Å². The largest absolute Gasteiger partial charge is 0.478 e. The van der Waals surface area contributed by atoms with Crippen LogP contribution in [0.25, 0.3) is 17.1 Å². The minimum absolute atomic E-state index is 0. The molecule has 102 valence electrons. The lowest BCUT2D eigenvalue weighted by atomic mass is 10.1. The highest BCUT2D eigenvalue weighted by atomic mass is 35.5. The number of aliphatic carboxylic acids is 1. The Balaban J connectivity index is 0.00000180. The van der Waals surface area contributed by atoms with Crippen LogP contribution in [0, 0.1) is 0 Å². The Morgan fingerprint density at radius 1 is 1.53 bits per heavy atom. The van der Waals surface area contributed by atoms with Gasteiger partial charge in [-0.05, 0) is 37.4 Å². The summed E-state index contributed by atoms with van der Waals surface area (Å²) in [6.07, 6.45) is 6.24. The van der Waals surface area contributed by atoms with E-state index in [-0.39, 0.29) is 12.4 Å². The Morgan fingerprint density at radius 3 is 2.89 bits per heavy atom. The summed E-state index contributed by atoms with van der Waals surface area (Å²) >= 11 is 0. The molecule has 0 aliphatic carbocycles. The minimum Gasteiger partial charge on any atom is -0.478 e. The number of carboxylic acid groups (broad SMARTS) is 1. The number of hydrogen-bond acceptors (Lipinski definition) is 3. The number of halogens is 1. The van der Waals surface area contributed by atoms with Crippen LogP contribution in [0.15, 0.2) is 24.5 Å². The van der Waals surface area contributed by atoms with Crippen LogP contribution in [0.3, 0.4) is 0 Å². The first-order valence-corrected chi connectivity index (χ1v) is 5.58. The molecule has 2 heterocycles. The van der Waals surface area contributed by atoms with E-state index in [1.165, 1.54) is 0 Å². The molecule has 0 bridgehead atoms. The van der Waals surface area contributed by atoms with Gasteiger partial charge in [-0.3, -0.25) is 0 Å². The maximum absolute atomic E-state index is 10.5. The predicted octanol–water partition coefficient (Wildman–Crippen LogP) is 2.14. The van der Waals surface area contributed by atoms with Gasteiger partial charge in [-0.2, -0.15) is 0 Å². The molecule has 6 heteroatoms. The fraction of sp³-hybridized carbons (Fsp3) is 0.231. The molecule has 0 amide bonds. The smallest absolute Gasteiger partial charge is 0.328 e. The summed E-state index contributed by atoms with van der Waals surface area (Å²) < 4.78 is 0. The van der Waals surface area contributed by atoms with E-state index in [0.717, 1.165) is 34.8 Å². The maximum Gasteiger partial charge on any atom is 0.328 e. The monoisotopic (exact) mass is 281 g/mol. The second kappa shape index (κ2) is 6.36. The molecule has 0 fully saturated rings. The molecule has 5 nitrogen and oxygen atoms in total. The third-order valence-electron chi connectivity index (χ3n) is 2.54. The van der Waals surface area contributed by atoms with Crippen LogP contribution in [-0.2, 0) is 11.3 Å². The second-order valence-electron chi connectivity index (χ2n) is 4.39. The summed E-state index contributed by atoms with van der Waals surface area (Å²) in [5, 5.41) is 9.63. The summed E-state index contributed by atoms with van der Waals surface area (Å²) in [6, 6.07) is 1.94. The van der Waals surface area contributed by atoms with Crippen LogP contribution < -0.4 is 0 Å². The molecule has 19 heavy (non-hydrogen) atoms. The quantitative estimate of drug-likeness (QED) is 0.843. The SMILES string of the molecule is CN(C)Cc1c[nH]c2ncc(/C=C/C(=O)O)cc12.Cl. The topological polar surface area (TPSA) is 69.2 Å². The lowest BCUT2D eigenvalue weighted by Crippen LogP contribution is -2.10. The molecule has 0 saturated heterocycles. The Hall–Kier alpha value is -1.85. The predicted molar refractivity (Wildman–Crippen MR) is 77.4 cm³/mol. The van der Waals surface area contributed by atoms with Crippen molar-refractivity contribution in [3.8, 4) is 0 Å². The van der Waals surface area contributed by atoms with E-state index in [1.807, 2.05) is 26.4 Å². The molecule has 0 atom stereocenters. The number of carbonyl (C=O) groups is 1. The number of aromatic amines is 1. The molecular formula is C13H16ClN3O2. The van der Waals surface area contributed by atoms with E-state index in [9.17, 15) is 4.79 Å². The van der Waals surface area contributed by atoms with Gasteiger partial charge in [-0.25, -0.2) is 9.78 Å². The van der Waals surface area contributed by atoms with Gasteiger partial charge in [0.1, 0.15) is 5.65 Å². The normalized spacial score (nSPS) is 11.1. The van der Waals surface area contributed by atoms with E-state index in [0.29, 0.717) is 0 Å². The second-order valence-corrected chi connectivity index (χ2v) is 4.39. The molecule has 2 rings (SSSR count). The van der Waals surface area contributed by atoms with E-state index in [2.05, 4.69) is 14.9 Å². The first-order chi connectivity index (χ1) is 8.56. The first-order valence-electron chi connectivity index (χ1n) is 5.58. The number of aromatic nitrogens is 2. The molecule has 0 radical (unpaired) electrons. The highest BCUT2D eigenvalue weighted by Gasteiger charge is 2.06. The molecular weight excluding hydrogens is 266 g/mol. The molecule has 2 N–H and O–H groups in total. The highest BCUT2D eigenvalue weighted by Crippen LogP contribution is 2.19. The van der Waals surface area contributed by atoms with Crippen molar-refractivity contribution in [2.45, 2.75) is 6.54 Å². The van der Waals surface area contributed by atoms with Crippen molar-refractivity contribution in [1.82, 2.24) is 14.9 Å². The number of nitrogens with one attached hydrogen (secondary N) is 1. The van der Waals surface area contributed by atoms with E-state index < -0.39 is 5.97 Å². The average molecular weight is 282 g/mol. The van der Waals surface area contributed by atoms with Crippen LogP contribution >= 0.6 is 12.4 Å². The first kappa shape index (κ1) is 15.2. The highest BCUT2D eigenvalue weighted by molar-refractivity contribution is 5.87. The molecule has 0 aliphatic rings. The van der Waals surface area contributed by atoms with Gasteiger partial charge in [0.15, 0.2) is 0 Å². The molecule has 2 aromatic heterocycles. The number of hydrogen-bond donors (Lipinski definition) is 2. The van der Waals surface area contributed by atoms with Crippen molar-refractivity contribution in [2.75, 3.05) is 14.1 Å². The molecule has 0 aromatic carbocycles. The van der Waals surface area contributed by atoms with Crippen molar-refractivity contribution in [3.63, 3.8) is 0 Å². The molecule has 0 aliphatic heterocycles. The van der Waals surface area contributed by atoms with Gasteiger partial charge >= 0.3 is 5.97 Å². The van der Waals surface area contributed by atoms with Crippen LogP contribution in [0.4, 0.5) is 0 Å². The number of fused-ring (bicyclic) bond motifs is 1. The van der Waals surface area contributed by atoms with Crippen LogP contribution in [0.1, 0.15) is 11.1 Å². The Bertz CT molecular complexity index is 605.